The van der Waals surface area contributed by atoms with E-state index in [2.05, 4.69) is 9.72 Å². The Morgan fingerprint density at radius 2 is 2.46 bits per heavy atom. The van der Waals surface area contributed by atoms with E-state index in [9.17, 15) is 4.79 Å². The second-order valence-electron chi connectivity index (χ2n) is 2.51. The maximum Gasteiger partial charge on any atom is 0.307 e. The fourth-order valence-corrected chi connectivity index (χ4v) is 0.948. The number of esters is 1. The average molecular weight is 205 g/mol. The van der Waals surface area contributed by atoms with Crippen LogP contribution in [0.5, 0.6) is 0 Å². The number of carbonyl (C=O) groups is 1. The topological polar surface area (TPSA) is 68.1 Å². The van der Waals surface area contributed by atoms with Crippen LogP contribution < -0.4 is 5.73 Å². The fraction of sp³-hybridized carbons (Fsp3) is 0.375. The van der Waals surface area contributed by atoms with Crippen molar-refractivity contribution in [3.05, 3.63) is 24.0 Å². The van der Waals surface area contributed by atoms with Crippen molar-refractivity contribution in [2.75, 3.05) is 7.11 Å². The van der Waals surface area contributed by atoms with E-state index in [1.54, 1.807) is 6.20 Å². The van der Waals surface area contributed by atoms with E-state index < -0.39 is 0 Å². The van der Waals surface area contributed by atoms with Crippen LogP contribution in [0, 0.1) is 0 Å². The normalized spacial score (nSPS) is 11.5. The van der Waals surface area contributed by atoms with Crippen LogP contribution in [0.2, 0.25) is 0 Å². The largest absolute Gasteiger partial charge is 0.469 e. The minimum Gasteiger partial charge on any atom is -0.469 e. The lowest BCUT2D eigenvalue weighted by Gasteiger charge is -2.07. The van der Waals surface area contributed by atoms with Crippen LogP contribution in [0.3, 0.4) is 0 Å². The molecule has 0 spiro atoms. The Labute approximate surface area is 82.9 Å². The molecule has 0 aliphatic heterocycles. The van der Waals surface area contributed by atoms with Gasteiger partial charge in [-0.05, 0) is 12.1 Å². The zero-order valence-corrected chi connectivity index (χ0v) is 8.14. The molecule has 0 fully saturated rings. The Kier molecular flexibility index (Phi) is 5.18. The second-order valence-corrected chi connectivity index (χ2v) is 2.51. The Morgan fingerprint density at radius 1 is 1.77 bits per heavy atom. The highest BCUT2D eigenvalue weighted by molar-refractivity contribution is 5.85. The quantitative estimate of drug-likeness (QED) is 0.722. The third kappa shape index (κ3) is 3.48. The number of carbonyl (C=O) groups excluding carboxylic acids is 1. The lowest BCUT2D eigenvalue weighted by molar-refractivity contribution is -0.141. The molecule has 5 heteroatoms. The van der Waals surface area contributed by atoms with Crippen molar-refractivity contribution >= 4 is 18.4 Å². The van der Waals surface area contributed by atoms with E-state index in [1.165, 1.54) is 7.11 Å². The van der Waals surface area contributed by atoms with Crippen LogP contribution in [0.1, 0.15) is 18.2 Å². The Balaban J connectivity index is 0.00000144. The standard InChI is InChI=1S/C8H12N2O2.ClH/c1-12-8(11)5-6(9)7-3-2-4-10-7;/h2-4,6,10H,5,9H2,1H3;1H/t6-;/m0./s1. The monoisotopic (exact) mass is 204 g/mol. The van der Waals surface area contributed by atoms with Crippen LogP contribution in [0.4, 0.5) is 0 Å². The van der Waals surface area contributed by atoms with Crippen molar-refractivity contribution in [2.24, 2.45) is 5.73 Å². The molecule has 0 saturated carbocycles. The number of H-pyrrole nitrogens is 1. The van der Waals surface area contributed by atoms with Crippen LogP contribution in [0.25, 0.3) is 0 Å². The summed E-state index contributed by atoms with van der Waals surface area (Å²) in [6.07, 6.45) is 1.98. The van der Waals surface area contributed by atoms with Crippen molar-refractivity contribution in [3.63, 3.8) is 0 Å². The minimum absolute atomic E-state index is 0. The molecule has 74 valence electrons. The number of nitrogens with two attached hydrogens (primary N) is 1. The first-order valence-corrected chi connectivity index (χ1v) is 3.69. The van der Waals surface area contributed by atoms with E-state index in [-0.39, 0.29) is 30.8 Å². The predicted octanol–water partition coefficient (Wildman–Crippen LogP) is 0.999. The smallest absolute Gasteiger partial charge is 0.307 e. The van der Waals surface area contributed by atoms with Crippen molar-refractivity contribution in [2.45, 2.75) is 12.5 Å². The molecule has 1 aromatic rings. The van der Waals surface area contributed by atoms with Gasteiger partial charge in [0, 0.05) is 11.9 Å². The molecule has 3 N–H and O–H groups in total. The van der Waals surface area contributed by atoms with Gasteiger partial charge < -0.3 is 15.5 Å². The molecule has 1 heterocycles. The van der Waals surface area contributed by atoms with Gasteiger partial charge in [0.05, 0.1) is 19.6 Å². The lowest BCUT2D eigenvalue weighted by atomic mass is 10.1. The lowest BCUT2D eigenvalue weighted by Crippen LogP contribution is -2.16. The molecule has 0 amide bonds. The van der Waals surface area contributed by atoms with E-state index in [4.69, 9.17) is 5.73 Å². The average Bonchev–Trinajstić information content (AvgIpc) is 2.56. The Bertz CT molecular complexity index is 249. The molecule has 0 saturated heterocycles. The van der Waals surface area contributed by atoms with Crippen molar-refractivity contribution in [1.82, 2.24) is 4.98 Å². The number of aromatic nitrogens is 1. The molecule has 1 atom stereocenters. The highest BCUT2D eigenvalue weighted by Crippen LogP contribution is 2.11. The highest BCUT2D eigenvalue weighted by Gasteiger charge is 2.11. The number of rotatable bonds is 3. The van der Waals surface area contributed by atoms with Crippen LogP contribution in [-0.2, 0) is 9.53 Å². The number of ether oxygens (including phenoxy) is 1. The first-order valence-electron chi connectivity index (χ1n) is 3.69. The van der Waals surface area contributed by atoms with Gasteiger partial charge in [0.1, 0.15) is 0 Å². The Hall–Kier alpha value is -1.00. The second kappa shape index (κ2) is 5.61. The number of aromatic amines is 1. The molecular formula is C8H13ClN2O2. The summed E-state index contributed by atoms with van der Waals surface area (Å²) in [5.41, 5.74) is 6.53. The molecule has 1 rings (SSSR count). The molecule has 0 aliphatic carbocycles. The molecular weight excluding hydrogens is 192 g/mol. The van der Waals surface area contributed by atoms with Gasteiger partial charge in [-0.25, -0.2) is 0 Å². The minimum atomic E-state index is -0.299. The maximum atomic E-state index is 10.8. The zero-order valence-electron chi connectivity index (χ0n) is 7.32. The number of hydrogen-bond acceptors (Lipinski definition) is 3. The molecule has 0 aliphatic rings. The molecule has 13 heavy (non-hydrogen) atoms. The number of nitrogens with one attached hydrogen (secondary N) is 1. The maximum absolute atomic E-state index is 10.8. The number of methoxy groups -OCH3 is 1. The fourth-order valence-electron chi connectivity index (χ4n) is 0.948. The number of hydrogen-bond donors (Lipinski definition) is 2. The van der Waals surface area contributed by atoms with Gasteiger partial charge in [-0.3, -0.25) is 4.79 Å². The molecule has 1 aromatic heterocycles. The van der Waals surface area contributed by atoms with E-state index in [1.807, 2.05) is 12.1 Å². The van der Waals surface area contributed by atoms with Gasteiger partial charge in [-0.2, -0.15) is 0 Å². The first kappa shape index (κ1) is 12.0. The van der Waals surface area contributed by atoms with Crippen molar-refractivity contribution in [3.8, 4) is 0 Å². The van der Waals surface area contributed by atoms with Gasteiger partial charge in [0.15, 0.2) is 0 Å². The molecule has 0 unspecified atom stereocenters. The first-order chi connectivity index (χ1) is 5.74. The summed E-state index contributed by atoms with van der Waals surface area (Å²) in [6, 6.07) is 3.38. The van der Waals surface area contributed by atoms with Crippen LogP contribution >= 0.6 is 12.4 Å². The van der Waals surface area contributed by atoms with E-state index in [0.29, 0.717) is 0 Å². The summed E-state index contributed by atoms with van der Waals surface area (Å²) in [5, 5.41) is 0. The summed E-state index contributed by atoms with van der Waals surface area (Å²) in [4.78, 5) is 13.7. The van der Waals surface area contributed by atoms with Crippen LogP contribution in [-0.4, -0.2) is 18.1 Å². The van der Waals surface area contributed by atoms with Gasteiger partial charge in [-0.1, -0.05) is 0 Å². The van der Waals surface area contributed by atoms with Gasteiger partial charge in [0.25, 0.3) is 0 Å². The molecule has 0 aromatic carbocycles. The highest BCUT2D eigenvalue weighted by atomic mass is 35.5. The third-order valence-corrected chi connectivity index (χ3v) is 1.64. The summed E-state index contributed by atoms with van der Waals surface area (Å²) in [5.74, 6) is -0.294. The van der Waals surface area contributed by atoms with Gasteiger partial charge >= 0.3 is 5.97 Å². The predicted molar refractivity (Wildman–Crippen MR) is 51.6 cm³/mol. The molecule has 0 bridgehead atoms. The van der Waals surface area contributed by atoms with Gasteiger partial charge in [-0.15, -0.1) is 12.4 Å². The zero-order chi connectivity index (χ0) is 8.97. The van der Waals surface area contributed by atoms with Crippen molar-refractivity contribution in [1.29, 1.82) is 0 Å². The molecule has 0 radical (unpaired) electrons. The third-order valence-electron chi connectivity index (χ3n) is 1.64. The van der Waals surface area contributed by atoms with Gasteiger partial charge in [0.2, 0.25) is 0 Å². The van der Waals surface area contributed by atoms with E-state index >= 15 is 0 Å². The summed E-state index contributed by atoms with van der Waals surface area (Å²) >= 11 is 0. The summed E-state index contributed by atoms with van der Waals surface area (Å²) < 4.78 is 4.49. The van der Waals surface area contributed by atoms with Crippen LogP contribution in [0.15, 0.2) is 18.3 Å². The van der Waals surface area contributed by atoms with Crippen molar-refractivity contribution < 1.29 is 9.53 Å². The Morgan fingerprint density at radius 3 is 2.92 bits per heavy atom. The summed E-state index contributed by atoms with van der Waals surface area (Å²) in [7, 11) is 1.35. The number of halogens is 1. The molecule has 4 nitrogen and oxygen atoms in total. The summed E-state index contributed by atoms with van der Waals surface area (Å²) in [6.45, 7) is 0. The SMILES string of the molecule is COC(=O)C[C@H](N)c1ccc[nH]1.Cl. The van der Waals surface area contributed by atoms with E-state index in [0.717, 1.165) is 5.69 Å².